The molecule has 3 N–H and O–H groups in total. The third kappa shape index (κ3) is 2.11. The van der Waals surface area contributed by atoms with E-state index < -0.39 is 5.97 Å². The zero-order valence-corrected chi connectivity index (χ0v) is 7.56. The van der Waals surface area contributed by atoms with Gasteiger partial charge in [0, 0.05) is 0 Å². The van der Waals surface area contributed by atoms with Gasteiger partial charge in [-0.25, -0.2) is 4.79 Å². The van der Waals surface area contributed by atoms with Crippen molar-refractivity contribution in [3.63, 3.8) is 0 Å². The first-order valence-corrected chi connectivity index (χ1v) is 3.82. The van der Waals surface area contributed by atoms with Gasteiger partial charge in [-0.3, -0.25) is 0 Å². The highest BCUT2D eigenvalue weighted by atomic mass is 16.6. The number of nitrogens with zero attached hydrogens (tertiary/aromatic N) is 1. The second-order valence-corrected chi connectivity index (χ2v) is 2.40. The monoisotopic (exact) mass is 198 g/mol. The quantitative estimate of drug-likeness (QED) is 0.531. The van der Waals surface area contributed by atoms with Gasteiger partial charge >= 0.3 is 5.97 Å². The molecule has 0 fully saturated rings. The molecule has 0 atom stereocenters. The molecule has 6 heteroatoms. The Labute approximate surface area is 79.9 Å². The second kappa shape index (κ2) is 4.43. The van der Waals surface area contributed by atoms with Gasteiger partial charge in [-0.2, -0.15) is 0 Å². The molecule has 1 heterocycles. The number of oxime groups is 1. The number of rotatable bonds is 4. The fraction of sp³-hybridized carbons (Fsp3) is 0.250. The van der Waals surface area contributed by atoms with Crippen LogP contribution in [0.2, 0.25) is 0 Å². The van der Waals surface area contributed by atoms with Crippen LogP contribution in [0.25, 0.3) is 0 Å². The van der Waals surface area contributed by atoms with Gasteiger partial charge in [0.25, 0.3) is 0 Å². The normalized spacial score (nSPS) is 11.4. The number of carbonyl (C=O) groups is 1. The van der Waals surface area contributed by atoms with E-state index in [2.05, 4.69) is 9.99 Å². The number of hydrogen-bond donors (Lipinski definition) is 2. The Morgan fingerprint density at radius 3 is 2.86 bits per heavy atom. The smallest absolute Gasteiger partial charge is 0.361 e. The average Bonchev–Trinajstić information content (AvgIpc) is 2.61. The van der Waals surface area contributed by atoms with E-state index in [0.29, 0.717) is 5.76 Å². The van der Waals surface area contributed by atoms with Gasteiger partial charge in [0.1, 0.15) is 12.9 Å². The third-order valence-corrected chi connectivity index (χ3v) is 1.48. The van der Waals surface area contributed by atoms with Crippen molar-refractivity contribution < 1.29 is 19.2 Å². The van der Waals surface area contributed by atoms with Crippen molar-refractivity contribution >= 4 is 11.7 Å². The highest BCUT2D eigenvalue weighted by Crippen LogP contribution is 2.08. The highest BCUT2D eigenvalue weighted by Gasteiger charge is 2.17. The van der Waals surface area contributed by atoms with Crippen molar-refractivity contribution in [3.05, 3.63) is 23.7 Å². The lowest BCUT2D eigenvalue weighted by atomic mass is 10.3. The van der Waals surface area contributed by atoms with Crippen molar-refractivity contribution in [3.8, 4) is 0 Å². The van der Waals surface area contributed by atoms with E-state index >= 15 is 0 Å². The number of nitrogens with two attached hydrogens (primary N) is 1. The minimum Gasteiger partial charge on any atom is -0.476 e. The minimum atomic E-state index is -1.22. The first kappa shape index (κ1) is 10.3. The Kier molecular flexibility index (Phi) is 3.24. The molecule has 0 amide bonds. The Balaban J connectivity index is 3.00. The van der Waals surface area contributed by atoms with Crippen LogP contribution >= 0.6 is 0 Å². The zero-order valence-electron chi connectivity index (χ0n) is 7.56. The standard InChI is InChI=1S/C8H10N2O4/c1-13-10-7(8(11)12)6-3-2-5(4-9)14-6/h2-3H,4,9H2,1H3,(H,11,12). The predicted molar refractivity (Wildman–Crippen MR) is 47.8 cm³/mol. The summed E-state index contributed by atoms with van der Waals surface area (Å²) in [6, 6.07) is 3.07. The molecule has 0 aliphatic carbocycles. The first-order chi connectivity index (χ1) is 6.69. The Hall–Kier alpha value is -1.82. The maximum atomic E-state index is 10.7. The fourth-order valence-electron chi connectivity index (χ4n) is 0.896. The van der Waals surface area contributed by atoms with E-state index in [4.69, 9.17) is 15.3 Å². The zero-order chi connectivity index (χ0) is 10.6. The molecule has 76 valence electrons. The second-order valence-electron chi connectivity index (χ2n) is 2.40. The summed E-state index contributed by atoms with van der Waals surface area (Å²) in [6.07, 6.45) is 0. The van der Waals surface area contributed by atoms with Crippen molar-refractivity contribution in [1.82, 2.24) is 0 Å². The molecule has 0 aliphatic rings. The molecule has 1 rings (SSSR count). The van der Waals surface area contributed by atoms with Crippen LogP contribution in [0.3, 0.4) is 0 Å². The van der Waals surface area contributed by atoms with Gasteiger partial charge in [-0.15, -0.1) is 0 Å². The number of carboxylic acid groups (broad SMARTS) is 1. The van der Waals surface area contributed by atoms with Gasteiger partial charge in [0.15, 0.2) is 5.76 Å². The molecule has 0 aromatic carbocycles. The molecule has 0 aliphatic heterocycles. The van der Waals surface area contributed by atoms with Crippen molar-refractivity contribution in [2.75, 3.05) is 7.11 Å². The van der Waals surface area contributed by atoms with Gasteiger partial charge in [0.2, 0.25) is 5.71 Å². The molecule has 1 aromatic heterocycles. The van der Waals surface area contributed by atoms with E-state index in [1.54, 1.807) is 6.07 Å². The summed E-state index contributed by atoms with van der Waals surface area (Å²) in [4.78, 5) is 15.1. The van der Waals surface area contributed by atoms with Crippen LogP contribution in [0.15, 0.2) is 21.7 Å². The van der Waals surface area contributed by atoms with Gasteiger partial charge < -0.3 is 20.1 Å². The lowest BCUT2D eigenvalue weighted by Crippen LogP contribution is -2.14. The van der Waals surface area contributed by atoms with E-state index in [9.17, 15) is 4.79 Å². The summed E-state index contributed by atoms with van der Waals surface area (Å²) in [6.45, 7) is 0.208. The summed E-state index contributed by atoms with van der Waals surface area (Å²) in [5, 5.41) is 12.1. The number of hydrogen-bond acceptors (Lipinski definition) is 5. The molecule has 1 aromatic rings. The molecule has 0 unspecified atom stereocenters. The van der Waals surface area contributed by atoms with Crippen LogP contribution in [0.5, 0.6) is 0 Å². The van der Waals surface area contributed by atoms with Gasteiger partial charge in [0.05, 0.1) is 6.54 Å². The van der Waals surface area contributed by atoms with E-state index in [-0.39, 0.29) is 18.0 Å². The van der Waals surface area contributed by atoms with Crippen LogP contribution in [0.4, 0.5) is 0 Å². The largest absolute Gasteiger partial charge is 0.476 e. The minimum absolute atomic E-state index is 0.125. The summed E-state index contributed by atoms with van der Waals surface area (Å²) >= 11 is 0. The van der Waals surface area contributed by atoms with Gasteiger partial charge in [-0.1, -0.05) is 5.16 Å². The molecule has 0 saturated carbocycles. The van der Waals surface area contributed by atoms with Crippen molar-refractivity contribution in [1.29, 1.82) is 0 Å². The molecule has 6 nitrogen and oxygen atoms in total. The molecule has 0 bridgehead atoms. The Morgan fingerprint density at radius 2 is 2.43 bits per heavy atom. The summed E-state index contributed by atoms with van der Waals surface area (Å²) < 4.78 is 5.09. The lowest BCUT2D eigenvalue weighted by Gasteiger charge is -1.95. The highest BCUT2D eigenvalue weighted by molar-refractivity contribution is 6.41. The maximum Gasteiger partial charge on any atom is 0.361 e. The topological polar surface area (TPSA) is 98.0 Å². The van der Waals surface area contributed by atoms with Crippen LogP contribution in [-0.2, 0) is 16.2 Å². The number of carboxylic acids is 1. The molecule has 0 radical (unpaired) electrons. The molecular weight excluding hydrogens is 188 g/mol. The van der Waals surface area contributed by atoms with E-state index in [1.165, 1.54) is 13.2 Å². The van der Waals surface area contributed by atoms with Crippen molar-refractivity contribution in [2.45, 2.75) is 6.54 Å². The molecule has 0 saturated heterocycles. The number of aliphatic carboxylic acids is 1. The summed E-state index contributed by atoms with van der Waals surface area (Å²) in [5.41, 5.74) is 5.02. The summed E-state index contributed by atoms with van der Waals surface area (Å²) in [5.74, 6) is -0.602. The van der Waals surface area contributed by atoms with Crippen LogP contribution in [0, 0.1) is 0 Å². The molecule has 14 heavy (non-hydrogen) atoms. The predicted octanol–water partition coefficient (Wildman–Crippen LogP) is 0.173. The maximum absolute atomic E-state index is 10.7. The Morgan fingerprint density at radius 1 is 1.71 bits per heavy atom. The first-order valence-electron chi connectivity index (χ1n) is 3.82. The van der Waals surface area contributed by atoms with Crippen molar-refractivity contribution in [2.24, 2.45) is 10.9 Å². The lowest BCUT2D eigenvalue weighted by molar-refractivity contribution is -0.129. The molecular formula is C8H10N2O4. The van der Waals surface area contributed by atoms with Gasteiger partial charge in [-0.05, 0) is 12.1 Å². The van der Waals surface area contributed by atoms with Crippen LogP contribution < -0.4 is 5.73 Å². The average molecular weight is 198 g/mol. The van der Waals surface area contributed by atoms with Crippen LogP contribution in [0.1, 0.15) is 11.5 Å². The van der Waals surface area contributed by atoms with Crippen LogP contribution in [-0.4, -0.2) is 23.9 Å². The third-order valence-electron chi connectivity index (χ3n) is 1.48. The molecule has 0 spiro atoms. The van der Waals surface area contributed by atoms with E-state index in [0.717, 1.165) is 0 Å². The Bertz CT molecular complexity index is 356. The van der Waals surface area contributed by atoms with E-state index in [1.807, 2.05) is 0 Å². The number of furan rings is 1. The fourth-order valence-corrected chi connectivity index (χ4v) is 0.896. The SMILES string of the molecule is CON=C(C(=O)O)c1ccc(CN)o1. The summed E-state index contributed by atoms with van der Waals surface area (Å²) in [7, 11) is 1.26.